The van der Waals surface area contributed by atoms with Gasteiger partial charge in [-0.15, -0.1) is 0 Å². The number of carbonyl (C=O) groups is 1. The molecule has 7 heteroatoms. The van der Waals surface area contributed by atoms with Gasteiger partial charge in [0.1, 0.15) is 5.69 Å². The van der Waals surface area contributed by atoms with E-state index in [4.69, 9.17) is 11.6 Å². The molecular formula is C14H11ClFNO3S. The molecule has 21 heavy (non-hydrogen) atoms. The number of carbonyl (C=O) groups excluding carboxylic acids is 1. The Morgan fingerprint density at radius 3 is 2.48 bits per heavy atom. The Balaban J connectivity index is 2.52. The number of pyridine rings is 1. The molecule has 0 amide bonds. The van der Waals surface area contributed by atoms with Gasteiger partial charge in [-0.2, -0.15) is 0 Å². The fourth-order valence-corrected chi connectivity index (χ4v) is 2.45. The molecule has 1 unspecified atom stereocenters. The maximum atomic E-state index is 14.0. The van der Waals surface area contributed by atoms with Gasteiger partial charge >= 0.3 is 5.97 Å². The highest BCUT2D eigenvalue weighted by Crippen LogP contribution is 2.26. The van der Waals surface area contributed by atoms with E-state index in [0.29, 0.717) is 10.5 Å². The van der Waals surface area contributed by atoms with Crippen LogP contribution in [0.3, 0.4) is 0 Å². The molecule has 2 aromatic rings. The maximum Gasteiger partial charge on any atom is 0.358 e. The number of hydrogen-bond donors (Lipinski definition) is 0. The normalized spacial score (nSPS) is 12.0. The molecule has 110 valence electrons. The van der Waals surface area contributed by atoms with Crippen LogP contribution in [-0.2, 0) is 15.5 Å². The van der Waals surface area contributed by atoms with E-state index in [0.717, 1.165) is 6.07 Å². The predicted molar refractivity (Wildman–Crippen MR) is 78.3 cm³/mol. The number of rotatable bonds is 3. The Hall–Kier alpha value is -1.79. The summed E-state index contributed by atoms with van der Waals surface area (Å²) >= 11 is 5.79. The number of nitrogens with zero attached hydrogens (tertiary/aromatic N) is 1. The van der Waals surface area contributed by atoms with Gasteiger partial charge in [-0.05, 0) is 18.2 Å². The summed E-state index contributed by atoms with van der Waals surface area (Å²) in [5.74, 6) is -1.40. The van der Waals surface area contributed by atoms with Gasteiger partial charge in [-0.3, -0.25) is 4.21 Å². The number of methoxy groups -OCH3 is 1. The van der Waals surface area contributed by atoms with Crippen LogP contribution in [0.15, 0.2) is 35.2 Å². The van der Waals surface area contributed by atoms with Crippen molar-refractivity contribution in [2.45, 2.75) is 4.90 Å². The third-order valence-electron chi connectivity index (χ3n) is 2.77. The lowest BCUT2D eigenvalue weighted by Crippen LogP contribution is -2.07. The second-order valence-electron chi connectivity index (χ2n) is 4.12. The highest BCUT2D eigenvalue weighted by Gasteiger charge is 2.18. The molecule has 0 saturated carbocycles. The fraction of sp³-hybridized carbons (Fsp3) is 0.143. The van der Waals surface area contributed by atoms with Crippen LogP contribution >= 0.6 is 11.6 Å². The lowest BCUT2D eigenvalue weighted by molar-refractivity contribution is 0.0594. The number of halogens is 2. The molecule has 0 bridgehead atoms. The lowest BCUT2D eigenvalue weighted by Gasteiger charge is -2.07. The highest BCUT2D eigenvalue weighted by atomic mass is 35.5. The molecule has 0 aliphatic heterocycles. The number of esters is 1. The van der Waals surface area contributed by atoms with E-state index >= 15 is 0 Å². The quantitative estimate of drug-likeness (QED) is 0.813. The van der Waals surface area contributed by atoms with Crippen LogP contribution in [0.5, 0.6) is 0 Å². The van der Waals surface area contributed by atoms with E-state index in [-0.39, 0.29) is 16.4 Å². The van der Waals surface area contributed by atoms with Crippen LogP contribution < -0.4 is 0 Å². The topological polar surface area (TPSA) is 56.3 Å². The van der Waals surface area contributed by atoms with Gasteiger partial charge in [0.2, 0.25) is 0 Å². The molecule has 0 aliphatic rings. The number of hydrogen-bond acceptors (Lipinski definition) is 4. The average molecular weight is 328 g/mol. The van der Waals surface area contributed by atoms with E-state index in [1.165, 1.54) is 7.11 Å². The molecule has 1 heterocycles. The fourth-order valence-electron chi connectivity index (χ4n) is 1.71. The highest BCUT2D eigenvalue weighted by molar-refractivity contribution is 7.84. The molecule has 1 aromatic carbocycles. The van der Waals surface area contributed by atoms with Crippen molar-refractivity contribution in [3.8, 4) is 11.3 Å². The van der Waals surface area contributed by atoms with Gasteiger partial charge in [0, 0.05) is 27.5 Å². The minimum atomic E-state index is -1.13. The smallest absolute Gasteiger partial charge is 0.358 e. The van der Waals surface area contributed by atoms with Crippen molar-refractivity contribution in [2.24, 2.45) is 0 Å². The molecule has 0 saturated heterocycles. The first-order chi connectivity index (χ1) is 9.93. The van der Waals surface area contributed by atoms with E-state index < -0.39 is 22.6 Å². The Bertz CT molecular complexity index is 719. The van der Waals surface area contributed by atoms with Crippen LogP contribution in [0.1, 0.15) is 10.5 Å². The van der Waals surface area contributed by atoms with Gasteiger partial charge in [0.15, 0.2) is 11.5 Å². The van der Waals surface area contributed by atoms with Gasteiger partial charge in [0.05, 0.1) is 12.1 Å². The summed E-state index contributed by atoms with van der Waals surface area (Å²) in [6.07, 6.45) is 1.55. The zero-order valence-electron chi connectivity index (χ0n) is 11.2. The van der Waals surface area contributed by atoms with Crippen molar-refractivity contribution in [1.82, 2.24) is 4.98 Å². The van der Waals surface area contributed by atoms with E-state index in [1.807, 2.05) is 0 Å². The Morgan fingerprint density at radius 1 is 1.33 bits per heavy atom. The summed E-state index contributed by atoms with van der Waals surface area (Å²) in [5, 5.41) is -0.116. The Morgan fingerprint density at radius 2 is 1.95 bits per heavy atom. The predicted octanol–water partition coefficient (Wildman–Crippen LogP) is 3.07. The van der Waals surface area contributed by atoms with Gasteiger partial charge in [0.25, 0.3) is 0 Å². The third kappa shape index (κ3) is 3.28. The minimum absolute atomic E-state index is 0.0202. The summed E-state index contributed by atoms with van der Waals surface area (Å²) in [6, 6.07) is 7.40. The maximum absolute atomic E-state index is 14.0. The van der Waals surface area contributed by atoms with Crippen molar-refractivity contribution in [2.75, 3.05) is 13.4 Å². The molecule has 1 atom stereocenters. The van der Waals surface area contributed by atoms with Gasteiger partial charge in [-0.25, -0.2) is 14.2 Å². The molecule has 0 spiro atoms. The largest absolute Gasteiger partial charge is 0.464 e. The molecule has 0 fully saturated rings. The first kappa shape index (κ1) is 15.6. The molecule has 0 radical (unpaired) electrons. The molecular weight excluding hydrogens is 317 g/mol. The van der Waals surface area contributed by atoms with Gasteiger partial charge in [-0.1, -0.05) is 23.7 Å². The summed E-state index contributed by atoms with van der Waals surface area (Å²) in [4.78, 5) is 16.1. The first-order valence-corrected chi connectivity index (χ1v) is 7.76. The van der Waals surface area contributed by atoms with Crippen LogP contribution in [0.2, 0.25) is 5.02 Å². The summed E-state index contributed by atoms with van der Waals surface area (Å²) < 4.78 is 29.9. The van der Waals surface area contributed by atoms with Crippen LogP contribution in [0.4, 0.5) is 4.39 Å². The molecule has 4 nitrogen and oxygen atoms in total. The zero-order valence-corrected chi connectivity index (χ0v) is 12.8. The minimum Gasteiger partial charge on any atom is -0.464 e. The number of ether oxygens (including phenoxy) is 1. The van der Waals surface area contributed by atoms with E-state index in [9.17, 15) is 13.4 Å². The van der Waals surface area contributed by atoms with Crippen molar-refractivity contribution in [3.63, 3.8) is 0 Å². The summed E-state index contributed by atoms with van der Waals surface area (Å²) in [7, 11) is 0.0641. The molecule has 2 rings (SSSR count). The SMILES string of the molecule is COC(=O)c1nc(-c2ccc(S(C)=O)cc2)c(F)cc1Cl. The second-order valence-corrected chi connectivity index (χ2v) is 5.91. The Kier molecular flexibility index (Phi) is 4.69. The van der Waals surface area contributed by atoms with Crippen LogP contribution in [0.25, 0.3) is 11.3 Å². The van der Waals surface area contributed by atoms with Crippen molar-refractivity contribution in [1.29, 1.82) is 0 Å². The number of benzene rings is 1. The van der Waals surface area contributed by atoms with Crippen LogP contribution in [-0.4, -0.2) is 28.5 Å². The van der Waals surface area contributed by atoms with Crippen molar-refractivity contribution < 1.29 is 18.1 Å². The van der Waals surface area contributed by atoms with E-state index in [2.05, 4.69) is 9.72 Å². The number of aromatic nitrogens is 1. The third-order valence-corrected chi connectivity index (χ3v) is 3.99. The van der Waals surface area contributed by atoms with Crippen LogP contribution in [0, 0.1) is 5.82 Å². The molecule has 0 N–H and O–H groups in total. The second kappa shape index (κ2) is 6.32. The zero-order chi connectivity index (χ0) is 15.6. The lowest BCUT2D eigenvalue weighted by atomic mass is 10.1. The van der Waals surface area contributed by atoms with Crippen molar-refractivity contribution in [3.05, 3.63) is 46.9 Å². The molecule has 0 aliphatic carbocycles. The summed E-state index contributed by atoms with van der Waals surface area (Å²) in [5.41, 5.74) is 0.274. The van der Waals surface area contributed by atoms with E-state index in [1.54, 1.807) is 30.5 Å². The first-order valence-electron chi connectivity index (χ1n) is 5.82. The average Bonchev–Trinajstić information content (AvgIpc) is 2.47. The standard InChI is InChI=1S/C14H11ClFNO3S/c1-20-14(18)13-10(15)7-11(16)12(17-13)8-3-5-9(6-4-8)21(2)19/h3-7H,1-2H3. The Labute approximate surface area is 128 Å². The van der Waals surface area contributed by atoms with Gasteiger partial charge < -0.3 is 4.74 Å². The monoisotopic (exact) mass is 327 g/mol. The summed E-state index contributed by atoms with van der Waals surface area (Å²) in [6.45, 7) is 0. The molecule has 1 aromatic heterocycles. The van der Waals surface area contributed by atoms with Crippen molar-refractivity contribution >= 4 is 28.4 Å².